The fraction of sp³-hybridized carbons (Fsp3) is 0.214. The number of pyridine rings is 1. The average Bonchev–Trinajstić information content (AvgIpc) is 2.43. The van der Waals surface area contributed by atoms with Crippen molar-refractivity contribution >= 4 is 31.6 Å². The van der Waals surface area contributed by atoms with E-state index >= 15 is 0 Å². The zero-order chi connectivity index (χ0) is 15.5. The van der Waals surface area contributed by atoms with Crippen LogP contribution in [0, 0.1) is 0 Å². The molecule has 0 fully saturated rings. The number of anilines is 1. The predicted molar refractivity (Wildman–Crippen MR) is 85.9 cm³/mol. The fourth-order valence-corrected chi connectivity index (χ4v) is 3.93. The minimum atomic E-state index is -3.70. The van der Waals surface area contributed by atoms with Crippen molar-refractivity contribution in [2.24, 2.45) is 0 Å². The van der Waals surface area contributed by atoms with Gasteiger partial charge in [-0.05, 0) is 40.5 Å². The second-order valence-corrected chi connectivity index (χ2v) is 6.99. The van der Waals surface area contributed by atoms with Crippen LogP contribution in [0.15, 0.2) is 56.8 Å². The molecule has 0 amide bonds. The summed E-state index contributed by atoms with van der Waals surface area (Å²) in [7, 11) is -3.70. The molecule has 0 radical (unpaired) electrons. The van der Waals surface area contributed by atoms with Gasteiger partial charge in [0.05, 0.1) is 5.69 Å². The first-order valence-electron chi connectivity index (χ1n) is 6.42. The normalized spacial score (nSPS) is 11.3. The fourth-order valence-electron chi connectivity index (χ4n) is 1.88. The molecule has 0 aliphatic heterocycles. The number of aryl methyl sites for hydroxylation is 1. The number of nitrogens with zero attached hydrogens (tertiary/aromatic N) is 1. The lowest BCUT2D eigenvalue weighted by molar-refractivity contribution is 0.600. The summed E-state index contributed by atoms with van der Waals surface area (Å²) in [5, 5.41) is 0. The summed E-state index contributed by atoms with van der Waals surface area (Å²) in [5.74, 6) is 0. The molecule has 0 bridgehead atoms. The molecule has 21 heavy (non-hydrogen) atoms. The first-order chi connectivity index (χ1) is 9.94. The Hall–Kier alpha value is -1.60. The number of benzene rings is 1. The molecule has 1 aromatic carbocycles. The molecule has 1 heterocycles. The second-order valence-electron chi connectivity index (χ2n) is 4.49. The number of hydrogen-bond acceptors (Lipinski definition) is 3. The van der Waals surface area contributed by atoms with Gasteiger partial charge in [-0.15, -0.1) is 0 Å². The highest BCUT2D eigenvalue weighted by molar-refractivity contribution is 9.10. The van der Waals surface area contributed by atoms with Crippen LogP contribution >= 0.6 is 15.9 Å². The van der Waals surface area contributed by atoms with Gasteiger partial charge in [-0.25, -0.2) is 8.42 Å². The van der Waals surface area contributed by atoms with Gasteiger partial charge in [-0.3, -0.25) is 9.52 Å². The van der Waals surface area contributed by atoms with Gasteiger partial charge in [-0.1, -0.05) is 19.1 Å². The van der Waals surface area contributed by atoms with Crippen LogP contribution in [0.4, 0.5) is 5.69 Å². The second kappa shape index (κ2) is 6.44. The molecule has 112 valence electrons. The molecule has 7 heteroatoms. The number of halogens is 1. The van der Waals surface area contributed by atoms with Gasteiger partial charge in [0.25, 0.3) is 15.6 Å². The molecule has 1 aromatic heterocycles. The maximum Gasteiger partial charge on any atom is 0.263 e. The number of rotatable bonds is 5. The van der Waals surface area contributed by atoms with Gasteiger partial charge in [0.1, 0.15) is 4.90 Å². The summed E-state index contributed by atoms with van der Waals surface area (Å²) in [4.78, 5) is 11.8. The Labute approximate surface area is 131 Å². The van der Waals surface area contributed by atoms with Crippen LogP contribution in [0.3, 0.4) is 0 Å². The third kappa shape index (κ3) is 3.74. The minimum Gasteiger partial charge on any atom is -0.313 e. The summed E-state index contributed by atoms with van der Waals surface area (Å²) < 4.78 is 29.1. The zero-order valence-corrected chi connectivity index (χ0v) is 13.8. The molecule has 0 saturated heterocycles. The quantitative estimate of drug-likeness (QED) is 0.879. The van der Waals surface area contributed by atoms with E-state index in [1.165, 1.54) is 29.0 Å². The van der Waals surface area contributed by atoms with Gasteiger partial charge < -0.3 is 4.57 Å². The Morgan fingerprint density at radius 2 is 1.90 bits per heavy atom. The highest BCUT2D eigenvalue weighted by Gasteiger charge is 2.17. The molecular weight excluding hydrogens is 356 g/mol. The van der Waals surface area contributed by atoms with E-state index < -0.39 is 10.0 Å². The predicted octanol–water partition coefficient (Wildman–Crippen LogP) is 2.82. The van der Waals surface area contributed by atoms with Crippen molar-refractivity contribution < 1.29 is 8.42 Å². The molecule has 2 aromatic rings. The van der Waals surface area contributed by atoms with Crippen molar-refractivity contribution in [1.29, 1.82) is 0 Å². The summed E-state index contributed by atoms with van der Waals surface area (Å²) in [6, 6.07) is 9.37. The SMILES string of the molecule is CCCn1cc(NS(=O)(=O)c2ccccc2Br)ccc1=O. The highest BCUT2D eigenvalue weighted by atomic mass is 79.9. The molecule has 0 aliphatic carbocycles. The Morgan fingerprint density at radius 3 is 2.57 bits per heavy atom. The molecule has 0 spiro atoms. The lowest BCUT2D eigenvalue weighted by Gasteiger charge is -2.11. The van der Waals surface area contributed by atoms with E-state index in [0.29, 0.717) is 16.7 Å². The van der Waals surface area contributed by atoms with E-state index in [0.717, 1.165) is 6.42 Å². The standard InChI is InChI=1S/C14H15BrN2O3S/c1-2-9-17-10-11(7-8-14(17)18)16-21(19,20)13-6-4-3-5-12(13)15/h3-8,10,16H,2,9H2,1H3. The van der Waals surface area contributed by atoms with Gasteiger partial charge in [-0.2, -0.15) is 0 Å². The molecule has 0 atom stereocenters. The van der Waals surface area contributed by atoms with Crippen molar-refractivity contribution in [2.45, 2.75) is 24.8 Å². The van der Waals surface area contributed by atoms with E-state index in [2.05, 4.69) is 20.7 Å². The molecule has 0 saturated carbocycles. The van der Waals surface area contributed by atoms with Crippen LogP contribution in [0.2, 0.25) is 0 Å². The van der Waals surface area contributed by atoms with Crippen molar-refractivity contribution in [2.75, 3.05) is 4.72 Å². The van der Waals surface area contributed by atoms with Crippen LogP contribution in [0.25, 0.3) is 0 Å². The van der Waals surface area contributed by atoms with Crippen LogP contribution < -0.4 is 10.3 Å². The van der Waals surface area contributed by atoms with Crippen LogP contribution in [-0.2, 0) is 16.6 Å². The molecule has 2 rings (SSSR count). The summed E-state index contributed by atoms with van der Waals surface area (Å²) in [6.07, 6.45) is 2.31. The van der Waals surface area contributed by atoms with Gasteiger partial charge in [0.2, 0.25) is 0 Å². The lowest BCUT2D eigenvalue weighted by Crippen LogP contribution is -2.20. The van der Waals surface area contributed by atoms with Crippen LogP contribution in [-0.4, -0.2) is 13.0 Å². The Bertz CT molecular complexity index is 800. The number of hydrogen-bond donors (Lipinski definition) is 1. The number of sulfonamides is 1. The Kier molecular flexibility index (Phi) is 4.84. The molecule has 0 aliphatic rings. The maximum absolute atomic E-state index is 12.3. The van der Waals surface area contributed by atoms with Crippen molar-refractivity contribution in [3.8, 4) is 0 Å². The van der Waals surface area contributed by atoms with E-state index in [1.807, 2.05) is 6.92 Å². The number of nitrogens with one attached hydrogen (secondary N) is 1. The average molecular weight is 371 g/mol. The Balaban J connectivity index is 2.35. The molecule has 5 nitrogen and oxygen atoms in total. The van der Waals surface area contributed by atoms with E-state index in [4.69, 9.17) is 0 Å². The third-order valence-electron chi connectivity index (χ3n) is 2.83. The van der Waals surface area contributed by atoms with E-state index in [9.17, 15) is 13.2 Å². The third-order valence-corrected chi connectivity index (χ3v) is 5.22. The smallest absolute Gasteiger partial charge is 0.263 e. The zero-order valence-electron chi connectivity index (χ0n) is 11.4. The first-order valence-corrected chi connectivity index (χ1v) is 8.69. The van der Waals surface area contributed by atoms with Gasteiger partial charge >= 0.3 is 0 Å². The Morgan fingerprint density at radius 1 is 1.19 bits per heavy atom. The first kappa shape index (κ1) is 15.8. The topological polar surface area (TPSA) is 68.2 Å². The summed E-state index contributed by atoms with van der Waals surface area (Å²) in [5.41, 5.74) is 0.208. The molecule has 1 N–H and O–H groups in total. The maximum atomic E-state index is 12.3. The highest BCUT2D eigenvalue weighted by Crippen LogP contribution is 2.23. The largest absolute Gasteiger partial charge is 0.313 e. The monoisotopic (exact) mass is 370 g/mol. The molecular formula is C14H15BrN2O3S. The van der Waals surface area contributed by atoms with Crippen LogP contribution in [0.5, 0.6) is 0 Å². The van der Waals surface area contributed by atoms with Crippen molar-refractivity contribution in [3.05, 3.63) is 57.4 Å². The van der Waals surface area contributed by atoms with Gasteiger partial charge in [0.15, 0.2) is 0 Å². The lowest BCUT2D eigenvalue weighted by atomic mass is 10.4. The van der Waals surface area contributed by atoms with E-state index in [1.54, 1.807) is 18.2 Å². The molecule has 0 unspecified atom stereocenters. The van der Waals surface area contributed by atoms with Gasteiger partial charge in [0, 0.05) is 23.3 Å². The van der Waals surface area contributed by atoms with Crippen molar-refractivity contribution in [1.82, 2.24) is 4.57 Å². The van der Waals surface area contributed by atoms with Crippen LogP contribution in [0.1, 0.15) is 13.3 Å². The van der Waals surface area contributed by atoms with E-state index in [-0.39, 0.29) is 10.5 Å². The number of aromatic nitrogens is 1. The van der Waals surface area contributed by atoms with Crippen molar-refractivity contribution in [3.63, 3.8) is 0 Å². The minimum absolute atomic E-state index is 0.151. The summed E-state index contributed by atoms with van der Waals surface area (Å²) in [6.45, 7) is 2.49. The summed E-state index contributed by atoms with van der Waals surface area (Å²) >= 11 is 3.22.